The van der Waals surface area contributed by atoms with Gasteiger partial charge in [0, 0.05) is 25.2 Å². The minimum Gasteiger partial charge on any atom is -0.327 e. The number of hydrogen-bond acceptors (Lipinski definition) is 2. The van der Waals surface area contributed by atoms with E-state index in [1.165, 1.54) is 0 Å². The Hall–Kier alpha value is -1.03. The smallest absolute Gasteiger partial charge is 0.0624 e. The minimum absolute atomic E-state index is 0.0346. The van der Waals surface area contributed by atoms with Crippen molar-refractivity contribution in [2.24, 2.45) is 12.8 Å². The van der Waals surface area contributed by atoms with Crippen LogP contribution in [-0.4, -0.2) is 15.8 Å². The van der Waals surface area contributed by atoms with Gasteiger partial charge in [-0.2, -0.15) is 5.10 Å². The Bertz CT molecular complexity index is 593. The molecule has 1 aromatic heterocycles. The molecule has 0 bridgehead atoms. The Morgan fingerprint density at radius 1 is 1.20 bits per heavy atom. The first kappa shape index (κ1) is 15.4. The van der Waals surface area contributed by atoms with Crippen LogP contribution in [0.5, 0.6) is 0 Å². The summed E-state index contributed by atoms with van der Waals surface area (Å²) in [6, 6.07) is 7.81. The van der Waals surface area contributed by atoms with Crippen LogP contribution in [0.2, 0.25) is 10.0 Å². The molecule has 0 saturated carbocycles. The Balaban J connectivity index is 2.02. The summed E-state index contributed by atoms with van der Waals surface area (Å²) in [6.45, 7) is 2.10. The molecule has 1 unspecified atom stereocenters. The number of rotatable bonds is 5. The maximum absolute atomic E-state index is 6.23. The zero-order valence-corrected chi connectivity index (χ0v) is 13.2. The summed E-state index contributed by atoms with van der Waals surface area (Å²) in [7, 11) is 1.96. The molecule has 0 saturated heterocycles. The summed E-state index contributed by atoms with van der Waals surface area (Å²) >= 11 is 11.9. The van der Waals surface area contributed by atoms with Crippen molar-refractivity contribution >= 4 is 23.2 Å². The van der Waals surface area contributed by atoms with Crippen molar-refractivity contribution in [3.8, 4) is 0 Å². The van der Waals surface area contributed by atoms with Gasteiger partial charge in [0.15, 0.2) is 0 Å². The molecule has 1 heterocycles. The van der Waals surface area contributed by atoms with Crippen LogP contribution in [0.3, 0.4) is 0 Å². The molecule has 0 aliphatic heterocycles. The van der Waals surface area contributed by atoms with E-state index in [0.29, 0.717) is 10.0 Å². The second-order valence-corrected chi connectivity index (χ2v) is 5.84. The third-order valence-electron chi connectivity index (χ3n) is 3.34. The molecule has 0 amide bonds. The summed E-state index contributed by atoms with van der Waals surface area (Å²) in [6.07, 6.45) is 2.50. The molecule has 1 aromatic carbocycles. The lowest BCUT2D eigenvalue weighted by Gasteiger charge is -2.12. The minimum atomic E-state index is 0.0346. The van der Waals surface area contributed by atoms with Crippen molar-refractivity contribution in [1.82, 2.24) is 9.78 Å². The first-order valence-corrected chi connectivity index (χ1v) is 7.46. The second-order valence-electron chi connectivity index (χ2n) is 5.02. The number of halogens is 2. The van der Waals surface area contributed by atoms with E-state index in [0.717, 1.165) is 36.2 Å². The lowest BCUT2D eigenvalue weighted by molar-refractivity contribution is 0.611. The molecule has 0 aliphatic rings. The highest BCUT2D eigenvalue weighted by molar-refractivity contribution is 6.42. The molecule has 0 spiro atoms. The summed E-state index contributed by atoms with van der Waals surface area (Å²) in [5.74, 6) is 0. The van der Waals surface area contributed by atoms with Crippen LogP contribution >= 0.6 is 23.2 Å². The molecular weight excluding hydrogens is 293 g/mol. The molecule has 20 heavy (non-hydrogen) atoms. The van der Waals surface area contributed by atoms with Crippen LogP contribution in [0, 0.1) is 0 Å². The second kappa shape index (κ2) is 6.61. The van der Waals surface area contributed by atoms with E-state index in [9.17, 15) is 0 Å². The van der Waals surface area contributed by atoms with Gasteiger partial charge in [0.1, 0.15) is 0 Å². The zero-order valence-electron chi connectivity index (χ0n) is 11.7. The summed E-state index contributed by atoms with van der Waals surface area (Å²) < 4.78 is 1.91. The number of benzene rings is 1. The van der Waals surface area contributed by atoms with Gasteiger partial charge >= 0.3 is 0 Å². The molecule has 108 valence electrons. The summed E-state index contributed by atoms with van der Waals surface area (Å²) in [5.41, 5.74) is 9.59. The maximum Gasteiger partial charge on any atom is 0.0624 e. The van der Waals surface area contributed by atoms with Crippen LogP contribution in [0.25, 0.3) is 0 Å². The van der Waals surface area contributed by atoms with Gasteiger partial charge in [-0.3, -0.25) is 4.68 Å². The predicted octanol–water partition coefficient (Wildman–Crippen LogP) is 3.40. The van der Waals surface area contributed by atoms with E-state index < -0.39 is 0 Å². The van der Waals surface area contributed by atoms with Gasteiger partial charge in [0.05, 0.1) is 15.7 Å². The molecular formula is C15H19Cl2N3. The molecule has 2 N–H and O–H groups in total. The van der Waals surface area contributed by atoms with Crippen LogP contribution in [0.1, 0.15) is 23.9 Å². The lowest BCUT2D eigenvalue weighted by Crippen LogP contribution is -2.26. The molecule has 1 atom stereocenters. The van der Waals surface area contributed by atoms with E-state index >= 15 is 0 Å². The summed E-state index contributed by atoms with van der Waals surface area (Å²) in [4.78, 5) is 0. The van der Waals surface area contributed by atoms with E-state index in [1.807, 2.05) is 29.9 Å². The fourth-order valence-electron chi connectivity index (χ4n) is 2.25. The monoisotopic (exact) mass is 311 g/mol. The topological polar surface area (TPSA) is 43.8 Å². The third kappa shape index (κ3) is 3.75. The predicted molar refractivity (Wildman–Crippen MR) is 84.4 cm³/mol. The van der Waals surface area contributed by atoms with Crippen molar-refractivity contribution in [1.29, 1.82) is 0 Å². The molecule has 2 aromatic rings. The highest BCUT2D eigenvalue weighted by Crippen LogP contribution is 2.23. The van der Waals surface area contributed by atoms with Crippen molar-refractivity contribution in [2.75, 3.05) is 0 Å². The number of nitrogens with two attached hydrogens (primary N) is 1. The third-order valence-corrected chi connectivity index (χ3v) is 4.08. The lowest BCUT2D eigenvalue weighted by atomic mass is 10.0. The van der Waals surface area contributed by atoms with E-state index in [4.69, 9.17) is 28.9 Å². The van der Waals surface area contributed by atoms with Crippen molar-refractivity contribution in [3.63, 3.8) is 0 Å². The highest BCUT2D eigenvalue weighted by Gasteiger charge is 2.11. The van der Waals surface area contributed by atoms with Gasteiger partial charge in [0.2, 0.25) is 0 Å². The standard InChI is InChI=1S/C15H19Cl2N3/c1-3-12-9-13(20(2)19-12)8-11(18)6-10-4-5-14(16)15(17)7-10/h4-5,7,9,11H,3,6,8,18H2,1-2H3. The van der Waals surface area contributed by atoms with Crippen LogP contribution < -0.4 is 5.73 Å². The SMILES string of the molecule is CCc1cc(CC(N)Cc2ccc(Cl)c(Cl)c2)n(C)n1. The Kier molecular flexibility index (Phi) is 5.08. The van der Waals surface area contributed by atoms with Crippen molar-refractivity contribution in [3.05, 3.63) is 51.3 Å². The first-order valence-electron chi connectivity index (χ1n) is 6.71. The Morgan fingerprint density at radius 2 is 1.95 bits per heavy atom. The van der Waals surface area contributed by atoms with Crippen molar-refractivity contribution < 1.29 is 0 Å². The normalized spacial score (nSPS) is 12.7. The number of aromatic nitrogens is 2. The Morgan fingerprint density at radius 3 is 2.55 bits per heavy atom. The van der Waals surface area contributed by atoms with E-state index in [1.54, 1.807) is 0 Å². The van der Waals surface area contributed by atoms with Crippen molar-refractivity contribution in [2.45, 2.75) is 32.2 Å². The molecule has 0 radical (unpaired) electrons. The molecule has 2 rings (SSSR count). The molecule has 5 heteroatoms. The molecule has 0 aliphatic carbocycles. The van der Waals surface area contributed by atoms with E-state index in [-0.39, 0.29) is 6.04 Å². The van der Waals surface area contributed by atoms with Gasteiger partial charge in [0.25, 0.3) is 0 Å². The van der Waals surface area contributed by atoms with Gasteiger partial charge < -0.3 is 5.73 Å². The fourth-order valence-corrected chi connectivity index (χ4v) is 2.57. The number of hydrogen-bond donors (Lipinski definition) is 1. The number of nitrogens with zero attached hydrogens (tertiary/aromatic N) is 2. The maximum atomic E-state index is 6.23. The van der Waals surface area contributed by atoms with Gasteiger partial charge in [-0.1, -0.05) is 36.2 Å². The summed E-state index contributed by atoms with van der Waals surface area (Å²) in [5, 5.41) is 5.58. The molecule has 0 fully saturated rings. The highest BCUT2D eigenvalue weighted by atomic mass is 35.5. The van der Waals surface area contributed by atoms with Gasteiger partial charge in [-0.15, -0.1) is 0 Å². The fraction of sp³-hybridized carbons (Fsp3) is 0.400. The van der Waals surface area contributed by atoms with Crippen LogP contribution in [0.4, 0.5) is 0 Å². The average molecular weight is 312 g/mol. The average Bonchev–Trinajstić information content (AvgIpc) is 2.74. The first-order chi connectivity index (χ1) is 9.49. The number of aryl methyl sites for hydroxylation is 2. The zero-order chi connectivity index (χ0) is 14.7. The van der Waals surface area contributed by atoms with Gasteiger partial charge in [-0.05, 0) is 36.6 Å². The largest absolute Gasteiger partial charge is 0.327 e. The van der Waals surface area contributed by atoms with Crippen LogP contribution in [0.15, 0.2) is 24.3 Å². The quantitative estimate of drug-likeness (QED) is 0.919. The van der Waals surface area contributed by atoms with E-state index in [2.05, 4.69) is 18.1 Å². The Labute approximate surface area is 129 Å². The van der Waals surface area contributed by atoms with Crippen LogP contribution in [-0.2, 0) is 26.3 Å². The molecule has 3 nitrogen and oxygen atoms in total. The van der Waals surface area contributed by atoms with Gasteiger partial charge in [-0.25, -0.2) is 0 Å².